The van der Waals surface area contributed by atoms with E-state index in [0.717, 1.165) is 34.9 Å². The predicted octanol–water partition coefficient (Wildman–Crippen LogP) is 10.0. The quantitative estimate of drug-likeness (QED) is 0.231. The molecule has 2 nitrogen and oxygen atoms in total. The van der Waals surface area contributed by atoms with Crippen molar-refractivity contribution in [2.45, 2.75) is 27.5 Å². The summed E-state index contributed by atoms with van der Waals surface area (Å²) < 4.78 is 6.05. The molecule has 4 aromatic carbocycles. The van der Waals surface area contributed by atoms with Gasteiger partial charge in [0.25, 0.3) is 0 Å². The molecule has 38 heavy (non-hydrogen) atoms. The van der Waals surface area contributed by atoms with Gasteiger partial charge in [0.2, 0.25) is 0 Å². The van der Waals surface area contributed by atoms with Crippen LogP contribution in [0.5, 0.6) is 0 Å². The lowest BCUT2D eigenvalue weighted by molar-refractivity contribution is 0.668. The number of nitrogens with zero attached hydrogens (tertiary/aromatic N) is 1. The van der Waals surface area contributed by atoms with Crippen LogP contribution in [0.15, 0.2) is 164 Å². The van der Waals surface area contributed by atoms with E-state index in [0.29, 0.717) is 0 Å². The SMILES string of the molecule is C1=C(c2ccc3oc4cccnc4c3c2)C=C(S(c2ccccc2)(c2ccccc2)c2ccccc2)CC1. The zero-order chi connectivity index (χ0) is 25.4. The molecule has 2 heterocycles. The number of benzene rings is 4. The number of furan rings is 1. The Morgan fingerprint density at radius 2 is 1.26 bits per heavy atom. The van der Waals surface area contributed by atoms with Crippen LogP contribution in [-0.4, -0.2) is 4.98 Å². The Morgan fingerprint density at radius 1 is 0.632 bits per heavy atom. The monoisotopic (exact) mass is 509 g/mol. The molecule has 1 aliphatic carbocycles. The van der Waals surface area contributed by atoms with E-state index in [1.165, 1.54) is 30.7 Å². The normalized spacial score (nSPS) is 14.3. The van der Waals surface area contributed by atoms with E-state index in [-0.39, 0.29) is 0 Å². The molecule has 0 radical (unpaired) electrons. The number of allylic oxidation sites excluding steroid dienone is 4. The first kappa shape index (κ1) is 22.8. The molecule has 0 N–H and O–H groups in total. The highest BCUT2D eigenvalue weighted by atomic mass is 32.3. The zero-order valence-electron chi connectivity index (χ0n) is 21.0. The van der Waals surface area contributed by atoms with Gasteiger partial charge in [0.15, 0.2) is 5.58 Å². The van der Waals surface area contributed by atoms with Crippen molar-refractivity contribution in [2.24, 2.45) is 0 Å². The Kier molecular flexibility index (Phi) is 5.71. The van der Waals surface area contributed by atoms with E-state index < -0.39 is 10.0 Å². The third kappa shape index (κ3) is 3.70. The lowest BCUT2D eigenvalue weighted by Gasteiger charge is -2.44. The highest BCUT2D eigenvalue weighted by molar-refractivity contribution is 8.37. The van der Waals surface area contributed by atoms with Gasteiger partial charge in [0.05, 0.1) is 0 Å². The van der Waals surface area contributed by atoms with Crippen molar-refractivity contribution in [3.8, 4) is 0 Å². The summed E-state index contributed by atoms with van der Waals surface area (Å²) >= 11 is 0. The molecule has 0 spiro atoms. The van der Waals surface area contributed by atoms with Gasteiger partial charge in [-0.3, -0.25) is 4.98 Å². The van der Waals surface area contributed by atoms with Crippen LogP contribution >= 0.6 is 10.0 Å². The van der Waals surface area contributed by atoms with Crippen LogP contribution in [0.4, 0.5) is 0 Å². The minimum Gasteiger partial charge on any atom is -0.454 e. The van der Waals surface area contributed by atoms with Crippen LogP contribution in [-0.2, 0) is 0 Å². The lowest BCUT2D eigenvalue weighted by Crippen LogP contribution is -2.09. The number of hydrogen-bond acceptors (Lipinski definition) is 2. The molecule has 1 aliphatic rings. The molecule has 0 bridgehead atoms. The Morgan fingerprint density at radius 3 is 1.89 bits per heavy atom. The van der Waals surface area contributed by atoms with Gasteiger partial charge < -0.3 is 4.42 Å². The number of aromatic nitrogens is 1. The van der Waals surface area contributed by atoms with Gasteiger partial charge >= 0.3 is 0 Å². The maximum absolute atomic E-state index is 6.05. The first-order valence-corrected chi connectivity index (χ1v) is 14.6. The highest BCUT2D eigenvalue weighted by Gasteiger charge is 2.35. The molecule has 6 aromatic rings. The molecule has 0 atom stereocenters. The Balaban J connectivity index is 1.45. The summed E-state index contributed by atoms with van der Waals surface area (Å²) in [5, 5.41) is 1.06. The fourth-order valence-electron chi connectivity index (χ4n) is 5.63. The summed E-state index contributed by atoms with van der Waals surface area (Å²) in [6.07, 6.45) is 8.70. The van der Waals surface area contributed by atoms with E-state index in [4.69, 9.17) is 4.42 Å². The first-order chi connectivity index (χ1) is 18.8. The second kappa shape index (κ2) is 9.51. The van der Waals surface area contributed by atoms with Crippen LogP contribution in [0.2, 0.25) is 0 Å². The third-order valence-electron chi connectivity index (χ3n) is 7.31. The van der Waals surface area contributed by atoms with Crippen molar-refractivity contribution in [1.29, 1.82) is 0 Å². The molecule has 3 heteroatoms. The van der Waals surface area contributed by atoms with E-state index in [1.807, 2.05) is 18.3 Å². The average molecular weight is 510 g/mol. The van der Waals surface area contributed by atoms with Gasteiger partial charge in [-0.1, -0.05) is 66.7 Å². The molecule has 0 amide bonds. The van der Waals surface area contributed by atoms with E-state index in [9.17, 15) is 0 Å². The molecule has 0 unspecified atom stereocenters. The van der Waals surface area contributed by atoms with Gasteiger partial charge in [-0.05, 0) is 95.6 Å². The second-order valence-corrected chi connectivity index (χ2v) is 12.7. The van der Waals surface area contributed by atoms with Crippen LogP contribution in [0, 0.1) is 0 Å². The van der Waals surface area contributed by atoms with Crippen molar-refractivity contribution in [2.75, 3.05) is 0 Å². The number of rotatable bonds is 5. The summed E-state index contributed by atoms with van der Waals surface area (Å²) in [4.78, 5) is 10.2. The van der Waals surface area contributed by atoms with Crippen molar-refractivity contribution in [3.05, 3.63) is 150 Å². The minimum atomic E-state index is -1.65. The molecule has 0 saturated heterocycles. The van der Waals surface area contributed by atoms with Crippen LogP contribution in [0.3, 0.4) is 0 Å². The predicted molar refractivity (Wildman–Crippen MR) is 159 cm³/mol. The van der Waals surface area contributed by atoms with Crippen LogP contribution < -0.4 is 0 Å². The van der Waals surface area contributed by atoms with Crippen LogP contribution in [0.25, 0.3) is 27.6 Å². The molecular weight excluding hydrogens is 482 g/mol. The molecule has 0 fully saturated rings. The summed E-state index contributed by atoms with van der Waals surface area (Å²) in [6, 6.07) is 43.7. The van der Waals surface area contributed by atoms with E-state index >= 15 is 0 Å². The molecule has 0 aliphatic heterocycles. The number of pyridine rings is 1. The van der Waals surface area contributed by atoms with Crippen molar-refractivity contribution >= 4 is 37.7 Å². The Labute approximate surface area is 224 Å². The Hall–Kier alpha value is -4.34. The minimum absolute atomic E-state index is 0.828. The average Bonchev–Trinajstić information content (AvgIpc) is 3.38. The van der Waals surface area contributed by atoms with Gasteiger partial charge in [0, 0.05) is 26.3 Å². The van der Waals surface area contributed by atoms with Crippen molar-refractivity contribution in [1.82, 2.24) is 4.98 Å². The fourth-order valence-corrected chi connectivity index (χ4v) is 9.78. The third-order valence-corrected chi connectivity index (χ3v) is 11.4. The summed E-state index contributed by atoms with van der Waals surface area (Å²) in [5.41, 5.74) is 5.08. The van der Waals surface area contributed by atoms with Gasteiger partial charge in [-0.2, -0.15) is 0 Å². The summed E-state index contributed by atoms with van der Waals surface area (Å²) in [6.45, 7) is 0. The zero-order valence-corrected chi connectivity index (χ0v) is 21.8. The van der Waals surface area contributed by atoms with E-state index in [2.05, 4.69) is 126 Å². The molecule has 0 saturated carbocycles. The van der Waals surface area contributed by atoms with Crippen molar-refractivity contribution < 1.29 is 4.42 Å². The van der Waals surface area contributed by atoms with E-state index in [1.54, 1.807) is 0 Å². The summed E-state index contributed by atoms with van der Waals surface area (Å²) in [5.74, 6) is 0. The maximum atomic E-state index is 6.05. The molecular formula is C35H27NOS. The second-order valence-electron chi connectivity index (χ2n) is 9.52. The Bertz CT molecular complexity index is 1700. The molecule has 2 aromatic heterocycles. The number of hydrogen-bond donors (Lipinski definition) is 0. The smallest absolute Gasteiger partial charge is 0.153 e. The van der Waals surface area contributed by atoms with Gasteiger partial charge in [-0.25, -0.2) is 0 Å². The van der Waals surface area contributed by atoms with Crippen molar-refractivity contribution in [3.63, 3.8) is 0 Å². The maximum Gasteiger partial charge on any atom is 0.153 e. The van der Waals surface area contributed by atoms with Gasteiger partial charge in [0.1, 0.15) is 11.1 Å². The molecule has 184 valence electrons. The molecule has 7 rings (SSSR count). The first-order valence-electron chi connectivity index (χ1n) is 13.0. The largest absolute Gasteiger partial charge is 0.454 e. The lowest BCUT2D eigenvalue weighted by atomic mass is 9.98. The number of fused-ring (bicyclic) bond motifs is 3. The summed E-state index contributed by atoms with van der Waals surface area (Å²) in [7, 11) is -1.65. The standard InChI is InChI=1S/C35H27NOS/c1-4-13-28(14-5-1)38(29-15-6-2-7-16-29,30-17-8-3-9-18-30)31-19-10-12-26(24-31)27-21-22-33-32(25-27)35-34(37-33)20-11-23-36-35/h1-9,11-18,20-25H,10,19H2. The fraction of sp³-hybridized carbons (Fsp3) is 0.0571. The topological polar surface area (TPSA) is 26.0 Å². The van der Waals surface area contributed by atoms with Gasteiger partial charge in [-0.15, -0.1) is 10.0 Å². The highest BCUT2D eigenvalue weighted by Crippen LogP contribution is 2.74. The van der Waals surface area contributed by atoms with Crippen LogP contribution in [0.1, 0.15) is 18.4 Å².